The summed E-state index contributed by atoms with van der Waals surface area (Å²) in [5.41, 5.74) is 4.64. The Morgan fingerprint density at radius 1 is 1.21 bits per heavy atom. The summed E-state index contributed by atoms with van der Waals surface area (Å²) in [6.45, 7) is 8.61. The van der Waals surface area contributed by atoms with Crippen LogP contribution in [0.3, 0.4) is 0 Å². The van der Waals surface area contributed by atoms with Gasteiger partial charge in [-0.25, -0.2) is 4.79 Å². The molecule has 2 rings (SSSR count). The smallest absolute Gasteiger partial charge is 0.334 e. The zero-order valence-corrected chi connectivity index (χ0v) is 15.6. The van der Waals surface area contributed by atoms with Gasteiger partial charge in [0, 0.05) is 19.1 Å². The fraction of sp³-hybridized carbons (Fsp3) is 0.571. The minimum absolute atomic E-state index is 0.0878. The number of allylic oxidation sites excluding steroid dienone is 3. The molecule has 1 heterocycles. The first-order valence-electron chi connectivity index (χ1n) is 8.88. The predicted molar refractivity (Wildman–Crippen MR) is 97.7 cm³/mol. The van der Waals surface area contributed by atoms with Gasteiger partial charge in [-0.3, -0.25) is 0 Å². The number of carbonyl (C=O) groups is 1. The summed E-state index contributed by atoms with van der Waals surface area (Å²) in [7, 11) is 1.76. The first-order valence-corrected chi connectivity index (χ1v) is 8.88. The van der Waals surface area contributed by atoms with Crippen molar-refractivity contribution in [3.05, 3.63) is 46.6 Å². The normalized spacial score (nSPS) is 26.2. The summed E-state index contributed by atoms with van der Waals surface area (Å²) in [5.74, 6) is 0.311. The Morgan fingerprint density at radius 2 is 1.96 bits per heavy atom. The Balaban J connectivity index is 2.31. The van der Waals surface area contributed by atoms with E-state index in [0.717, 1.165) is 31.3 Å². The van der Waals surface area contributed by atoms with Crippen molar-refractivity contribution in [2.45, 2.75) is 65.6 Å². The quantitative estimate of drug-likeness (QED) is 0.533. The van der Waals surface area contributed by atoms with Crippen LogP contribution in [0.15, 0.2) is 46.6 Å². The van der Waals surface area contributed by atoms with Gasteiger partial charge < -0.3 is 9.47 Å². The number of methoxy groups -OCH3 is 1. The van der Waals surface area contributed by atoms with Gasteiger partial charge in [0.15, 0.2) is 0 Å². The molecule has 2 bridgehead atoms. The maximum Gasteiger partial charge on any atom is 0.334 e. The van der Waals surface area contributed by atoms with E-state index in [4.69, 9.17) is 9.47 Å². The number of hydrogen-bond acceptors (Lipinski definition) is 3. The van der Waals surface area contributed by atoms with Crippen LogP contribution in [0.25, 0.3) is 0 Å². The highest BCUT2D eigenvalue weighted by Crippen LogP contribution is 2.27. The molecule has 0 radical (unpaired) electrons. The van der Waals surface area contributed by atoms with Crippen molar-refractivity contribution in [3.63, 3.8) is 0 Å². The van der Waals surface area contributed by atoms with Crippen LogP contribution < -0.4 is 0 Å². The fourth-order valence-corrected chi connectivity index (χ4v) is 3.19. The van der Waals surface area contributed by atoms with E-state index in [2.05, 4.69) is 45.9 Å². The van der Waals surface area contributed by atoms with Gasteiger partial charge in [0.1, 0.15) is 6.10 Å². The molecule has 0 unspecified atom stereocenters. The zero-order chi connectivity index (χ0) is 17.7. The van der Waals surface area contributed by atoms with Gasteiger partial charge in [0.2, 0.25) is 0 Å². The molecule has 0 spiro atoms. The maximum absolute atomic E-state index is 12.1. The van der Waals surface area contributed by atoms with Gasteiger partial charge in [-0.2, -0.15) is 0 Å². The first kappa shape index (κ1) is 18.7. The molecule has 0 saturated carbocycles. The van der Waals surface area contributed by atoms with E-state index in [9.17, 15) is 4.79 Å². The van der Waals surface area contributed by atoms with E-state index in [-0.39, 0.29) is 18.2 Å². The van der Waals surface area contributed by atoms with Crippen LogP contribution in [-0.2, 0) is 14.3 Å². The SMILES string of the molecule is CO[C@@H]1CC=C(C)C[C@H]2C=C(CCC(C(C)C)=CC=C1C)C(=O)O2. The molecule has 0 saturated heterocycles. The molecular formula is C21H30O3. The second kappa shape index (κ2) is 8.48. The third kappa shape index (κ3) is 4.94. The summed E-state index contributed by atoms with van der Waals surface area (Å²) in [5, 5.41) is 0. The van der Waals surface area contributed by atoms with Crippen LogP contribution in [-0.4, -0.2) is 25.3 Å². The molecule has 24 heavy (non-hydrogen) atoms. The van der Waals surface area contributed by atoms with Crippen LogP contribution in [0.2, 0.25) is 0 Å². The zero-order valence-electron chi connectivity index (χ0n) is 15.6. The Labute approximate surface area is 146 Å². The molecule has 3 nitrogen and oxygen atoms in total. The number of rotatable bonds is 2. The van der Waals surface area contributed by atoms with E-state index >= 15 is 0 Å². The first-order chi connectivity index (χ1) is 11.4. The second-order valence-corrected chi connectivity index (χ2v) is 7.16. The summed E-state index contributed by atoms with van der Waals surface area (Å²) in [4.78, 5) is 12.1. The van der Waals surface area contributed by atoms with Gasteiger partial charge in [-0.1, -0.05) is 43.2 Å². The van der Waals surface area contributed by atoms with E-state index in [1.54, 1.807) is 7.11 Å². The summed E-state index contributed by atoms with van der Waals surface area (Å²) >= 11 is 0. The molecule has 0 aromatic rings. The number of fused-ring (bicyclic) bond motifs is 1. The molecule has 0 aromatic carbocycles. The highest BCUT2D eigenvalue weighted by atomic mass is 16.5. The number of esters is 1. The Kier molecular flexibility index (Phi) is 6.61. The molecule has 0 aromatic heterocycles. The van der Waals surface area contributed by atoms with E-state index in [1.807, 2.05) is 6.08 Å². The number of carbonyl (C=O) groups excluding carboxylic acids is 1. The third-order valence-electron chi connectivity index (χ3n) is 4.89. The molecule has 0 fully saturated rings. The Morgan fingerprint density at radius 3 is 2.62 bits per heavy atom. The molecular weight excluding hydrogens is 300 g/mol. The Bertz CT molecular complexity index is 590. The second-order valence-electron chi connectivity index (χ2n) is 7.16. The van der Waals surface area contributed by atoms with E-state index in [0.29, 0.717) is 5.92 Å². The summed E-state index contributed by atoms with van der Waals surface area (Å²) in [6.07, 6.45) is 11.8. The van der Waals surface area contributed by atoms with E-state index < -0.39 is 0 Å². The lowest BCUT2D eigenvalue weighted by atomic mass is 9.94. The van der Waals surface area contributed by atoms with Crippen LogP contribution in [0.4, 0.5) is 0 Å². The van der Waals surface area contributed by atoms with Crippen LogP contribution >= 0.6 is 0 Å². The molecule has 0 amide bonds. The van der Waals surface area contributed by atoms with Crippen molar-refractivity contribution in [1.82, 2.24) is 0 Å². The lowest BCUT2D eigenvalue weighted by molar-refractivity contribution is -0.139. The lowest BCUT2D eigenvalue weighted by Crippen LogP contribution is -2.12. The van der Waals surface area contributed by atoms with Gasteiger partial charge in [0.25, 0.3) is 0 Å². The van der Waals surface area contributed by atoms with Crippen molar-refractivity contribution < 1.29 is 14.3 Å². The van der Waals surface area contributed by atoms with Crippen LogP contribution in [0.1, 0.15) is 53.4 Å². The number of hydrogen-bond donors (Lipinski definition) is 0. The third-order valence-corrected chi connectivity index (χ3v) is 4.89. The minimum Gasteiger partial charge on any atom is -0.454 e. The largest absolute Gasteiger partial charge is 0.454 e. The molecule has 132 valence electrons. The van der Waals surface area contributed by atoms with Gasteiger partial charge >= 0.3 is 5.97 Å². The van der Waals surface area contributed by atoms with Gasteiger partial charge in [-0.15, -0.1) is 0 Å². The molecule has 0 N–H and O–H groups in total. The van der Waals surface area contributed by atoms with Crippen LogP contribution in [0.5, 0.6) is 0 Å². The standard InChI is InChI=1S/C21H30O3/c1-14(2)17-8-7-16(4)20(23-5)11-6-15(3)12-19-13-18(10-9-17)21(22)24-19/h6-8,13-14,19-20H,9-12H2,1-5H3/t19-,20+/m0/s1. The van der Waals surface area contributed by atoms with Crippen molar-refractivity contribution in [2.24, 2.45) is 5.92 Å². The number of ether oxygens (including phenoxy) is 2. The fourth-order valence-electron chi connectivity index (χ4n) is 3.19. The van der Waals surface area contributed by atoms with Crippen molar-refractivity contribution in [2.75, 3.05) is 7.11 Å². The molecule has 2 aliphatic rings. The molecule has 1 aliphatic carbocycles. The van der Waals surface area contributed by atoms with Crippen LogP contribution in [0, 0.1) is 5.92 Å². The van der Waals surface area contributed by atoms with Gasteiger partial charge in [-0.05, 0) is 50.7 Å². The lowest BCUT2D eigenvalue weighted by Gasteiger charge is -2.16. The summed E-state index contributed by atoms with van der Waals surface area (Å²) in [6, 6.07) is 0. The predicted octanol–water partition coefficient (Wildman–Crippen LogP) is 4.90. The average Bonchev–Trinajstić information content (AvgIpc) is 2.86. The Hall–Kier alpha value is -1.61. The topological polar surface area (TPSA) is 35.5 Å². The van der Waals surface area contributed by atoms with Crippen molar-refractivity contribution in [1.29, 1.82) is 0 Å². The monoisotopic (exact) mass is 330 g/mol. The highest BCUT2D eigenvalue weighted by molar-refractivity contribution is 5.90. The summed E-state index contributed by atoms with van der Waals surface area (Å²) < 4.78 is 11.2. The van der Waals surface area contributed by atoms with Crippen molar-refractivity contribution >= 4 is 5.97 Å². The van der Waals surface area contributed by atoms with Crippen molar-refractivity contribution in [3.8, 4) is 0 Å². The average molecular weight is 330 g/mol. The maximum atomic E-state index is 12.1. The molecule has 3 heteroatoms. The highest BCUT2D eigenvalue weighted by Gasteiger charge is 2.25. The molecule has 1 aliphatic heterocycles. The minimum atomic E-state index is -0.146. The molecule has 2 atom stereocenters. The van der Waals surface area contributed by atoms with Gasteiger partial charge in [0.05, 0.1) is 6.10 Å². The van der Waals surface area contributed by atoms with E-state index in [1.165, 1.54) is 16.7 Å².